The van der Waals surface area contributed by atoms with E-state index in [1.165, 1.54) is 0 Å². The van der Waals surface area contributed by atoms with Gasteiger partial charge in [0, 0.05) is 25.6 Å². The molecular formula is C13H21F3N2O2. The van der Waals surface area contributed by atoms with Crippen LogP contribution in [0.5, 0.6) is 0 Å². The summed E-state index contributed by atoms with van der Waals surface area (Å²) in [6, 6.07) is 1.75. The zero-order valence-electron chi connectivity index (χ0n) is 11.8. The predicted octanol–water partition coefficient (Wildman–Crippen LogP) is 3.28. The number of alkyl halides is 3. The van der Waals surface area contributed by atoms with Gasteiger partial charge in [0.2, 0.25) is 0 Å². The minimum atomic E-state index is -4.12. The quantitative estimate of drug-likeness (QED) is 0.710. The molecule has 0 aliphatic heterocycles. The Morgan fingerprint density at radius 2 is 2.15 bits per heavy atom. The smallest absolute Gasteiger partial charge is 0.373 e. The largest absolute Gasteiger partial charge is 0.389 e. The fraction of sp³-hybridized carbons (Fsp3) is 0.769. The van der Waals surface area contributed by atoms with Crippen molar-refractivity contribution >= 4 is 0 Å². The molecule has 0 radical (unpaired) electrons. The van der Waals surface area contributed by atoms with Gasteiger partial charge in [-0.15, -0.1) is 0 Å². The molecular weight excluding hydrogens is 273 g/mol. The molecule has 0 saturated carbocycles. The van der Waals surface area contributed by atoms with Gasteiger partial charge in [-0.3, -0.25) is 0 Å². The molecule has 1 rings (SSSR count). The molecule has 116 valence electrons. The van der Waals surface area contributed by atoms with Gasteiger partial charge in [0.1, 0.15) is 6.61 Å². The summed E-state index contributed by atoms with van der Waals surface area (Å²) < 4.78 is 45.8. The number of nitrogens with zero attached hydrogens (tertiary/aromatic N) is 1. The normalized spacial score (nSPS) is 12.3. The third-order valence-corrected chi connectivity index (χ3v) is 2.46. The first-order valence-corrected chi connectivity index (χ1v) is 6.66. The van der Waals surface area contributed by atoms with E-state index in [1.54, 1.807) is 6.07 Å². The summed E-state index contributed by atoms with van der Waals surface area (Å²) >= 11 is 0. The first-order chi connectivity index (χ1) is 9.37. The van der Waals surface area contributed by atoms with Crippen LogP contribution in [0.3, 0.4) is 0 Å². The topological polar surface area (TPSA) is 47.3 Å². The molecule has 1 aromatic rings. The van der Waals surface area contributed by atoms with Gasteiger partial charge in [0.25, 0.3) is 0 Å². The van der Waals surface area contributed by atoms with E-state index in [0.29, 0.717) is 18.2 Å². The lowest BCUT2D eigenvalue weighted by atomic mass is 10.2. The van der Waals surface area contributed by atoms with E-state index in [4.69, 9.17) is 9.26 Å². The number of ether oxygens (including phenoxy) is 1. The summed E-state index contributed by atoms with van der Waals surface area (Å²) in [6.07, 6.45) is -4.99. The Hall–Kier alpha value is -1.08. The highest BCUT2D eigenvalue weighted by atomic mass is 19.4. The Labute approximate surface area is 116 Å². The van der Waals surface area contributed by atoms with Gasteiger partial charge in [-0.2, -0.15) is 13.2 Å². The molecule has 0 aromatic carbocycles. The van der Waals surface area contributed by atoms with E-state index < -0.39 is 12.6 Å². The number of nitrogens with one attached hydrogen (secondary N) is 1. The Morgan fingerprint density at radius 1 is 1.40 bits per heavy atom. The average Bonchev–Trinajstić information content (AvgIpc) is 2.74. The highest BCUT2D eigenvalue weighted by molar-refractivity contribution is 5.04. The van der Waals surface area contributed by atoms with Crippen LogP contribution in [0.4, 0.5) is 13.2 Å². The van der Waals surface area contributed by atoms with Crippen molar-refractivity contribution in [3.05, 3.63) is 17.5 Å². The molecule has 0 atom stereocenters. The van der Waals surface area contributed by atoms with Crippen molar-refractivity contribution in [3.63, 3.8) is 0 Å². The third kappa shape index (κ3) is 8.16. The fourth-order valence-electron chi connectivity index (χ4n) is 1.54. The molecule has 0 bridgehead atoms. The summed E-state index contributed by atoms with van der Waals surface area (Å²) in [4.78, 5) is 0. The van der Waals surface area contributed by atoms with Crippen molar-refractivity contribution in [1.82, 2.24) is 10.5 Å². The zero-order valence-corrected chi connectivity index (χ0v) is 11.8. The lowest BCUT2D eigenvalue weighted by Crippen LogP contribution is -2.19. The van der Waals surface area contributed by atoms with E-state index in [2.05, 4.69) is 24.3 Å². The fourth-order valence-corrected chi connectivity index (χ4v) is 1.54. The molecule has 7 heteroatoms. The molecule has 1 N–H and O–H groups in total. The Kier molecular flexibility index (Phi) is 7.01. The maximum Gasteiger partial charge on any atom is 0.389 e. The lowest BCUT2D eigenvalue weighted by Gasteiger charge is -2.05. The summed E-state index contributed by atoms with van der Waals surface area (Å²) in [5.41, 5.74) is 0.763. The molecule has 1 heterocycles. The summed E-state index contributed by atoms with van der Waals surface area (Å²) in [7, 11) is 0. The van der Waals surface area contributed by atoms with Crippen molar-refractivity contribution in [2.75, 3.05) is 13.2 Å². The third-order valence-electron chi connectivity index (χ3n) is 2.46. The van der Waals surface area contributed by atoms with Gasteiger partial charge in [0.05, 0.1) is 5.69 Å². The number of hydrogen-bond acceptors (Lipinski definition) is 4. The first kappa shape index (κ1) is 17.0. The summed E-state index contributed by atoms with van der Waals surface area (Å²) in [5, 5.41) is 7.07. The van der Waals surface area contributed by atoms with Gasteiger partial charge in [0.15, 0.2) is 5.76 Å². The number of halogens is 3. The minimum absolute atomic E-state index is 0.0412. The number of aromatic nitrogens is 1. The maximum atomic E-state index is 11.9. The van der Waals surface area contributed by atoms with Crippen LogP contribution in [0.2, 0.25) is 0 Å². The van der Waals surface area contributed by atoms with Crippen LogP contribution in [-0.2, 0) is 17.9 Å². The predicted molar refractivity (Wildman–Crippen MR) is 68.0 cm³/mol. The van der Waals surface area contributed by atoms with Gasteiger partial charge in [-0.05, 0) is 18.9 Å². The Morgan fingerprint density at radius 3 is 2.80 bits per heavy atom. The molecule has 0 amide bonds. The van der Waals surface area contributed by atoms with Gasteiger partial charge >= 0.3 is 6.18 Å². The van der Waals surface area contributed by atoms with Gasteiger partial charge in [-0.1, -0.05) is 19.0 Å². The van der Waals surface area contributed by atoms with E-state index >= 15 is 0 Å². The Bertz CT molecular complexity index is 378. The molecule has 4 nitrogen and oxygen atoms in total. The van der Waals surface area contributed by atoms with Crippen LogP contribution in [-0.4, -0.2) is 24.5 Å². The van der Waals surface area contributed by atoms with Crippen LogP contribution in [0.25, 0.3) is 0 Å². The molecule has 20 heavy (non-hydrogen) atoms. The molecule has 0 spiro atoms. The van der Waals surface area contributed by atoms with Gasteiger partial charge in [-0.25, -0.2) is 0 Å². The highest BCUT2D eigenvalue weighted by Gasteiger charge is 2.25. The SMILES string of the molecule is CC(C)CNCc1cc(COCCCC(F)(F)F)on1. The minimum Gasteiger partial charge on any atom is -0.373 e. The maximum absolute atomic E-state index is 11.9. The van der Waals surface area contributed by atoms with Crippen molar-refractivity contribution in [1.29, 1.82) is 0 Å². The van der Waals surface area contributed by atoms with Crippen LogP contribution in [0.15, 0.2) is 10.6 Å². The standard InChI is InChI=1S/C13H21F3N2O2/c1-10(2)7-17-8-11-6-12(20-18-11)9-19-5-3-4-13(14,15)16/h6,10,17H,3-5,7-9H2,1-2H3. The number of hydrogen-bond donors (Lipinski definition) is 1. The Balaban J connectivity index is 2.14. The average molecular weight is 294 g/mol. The zero-order chi connectivity index (χ0) is 15.0. The van der Waals surface area contributed by atoms with Crippen molar-refractivity contribution in [2.45, 2.75) is 46.0 Å². The van der Waals surface area contributed by atoms with Gasteiger partial charge < -0.3 is 14.6 Å². The van der Waals surface area contributed by atoms with Crippen molar-refractivity contribution < 1.29 is 22.4 Å². The highest BCUT2D eigenvalue weighted by Crippen LogP contribution is 2.21. The van der Waals surface area contributed by atoms with E-state index in [1.807, 2.05) is 0 Å². The molecule has 0 saturated heterocycles. The van der Waals surface area contributed by atoms with Crippen LogP contribution < -0.4 is 5.32 Å². The molecule has 0 aliphatic carbocycles. The second-order valence-corrected chi connectivity index (χ2v) is 5.08. The molecule has 0 unspecified atom stereocenters. The second-order valence-electron chi connectivity index (χ2n) is 5.08. The molecule has 0 fully saturated rings. The molecule has 0 aliphatic rings. The van der Waals surface area contributed by atoms with Crippen LogP contribution in [0, 0.1) is 5.92 Å². The van der Waals surface area contributed by atoms with Crippen molar-refractivity contribution in [3.8, 4) is 0 Å². The second kappa shape index (κ2) is 8.26. The molecule has 1 aromatic heterocycles. The first-order valence-electron chi connectivity index (χ1n) is 6.66. The summed E-state index contributed by atoms with van der Waals surface area (Å²) in [6.45, 7) is 5.91. The van der Waals surface area contributed by atoms with Crippen LogP contribution >= 0.6 is 0 Å². The van der Waals surface area contributed by atoms with E-state index in [9.17, 15) is 13.2 Å². The van der Waals surface area contributed by atoms with Crippen molar-refractivity contribution in [2.24, 2.45) is 5.92 Å². The number of rotatable bonds is 9. The monoisotopic (exact) mass is 294 g/mol. The van der Waals surface area contributed by atoms with Crippen LogP contribution in [0.1, 0.15) is 38.1 Å². The summed E-state index contributed by atoms with van der Waals surface area (Å²) in [5.74, 6) is 1.08. The lowest BCUT2D eigenvalue weighted by molar-refractivity contribution is -0.138. The van der Waals surface area contributed by atoms with E-state index in [0.717, 1.165) is 12.2 Å². The van der Waals surface area contributed by atoms with E-state index in [-0.39, 0.29) is 19.6 Å².